The molecule has 0 radical (unpaired) electrons. The number of ketones is 1. The fourth-order valence-electron chi connectivity index (χ4n) is 2.65. The first-order valence-electron chi connectivity index (χ1n) is 8.23. The first kappa shape index (κ1) is 19.4. The lowest BCUT2D eigenvalue weighted by atomic mass is 9.98. The average molecular weight is 369 g/mol. The molecule has 25 heavy (non-hydrogen) atoms. The molecule has 138 valence electrons. The normalized spacial score (nSPS) is 16.4. The number of carbonyl (C=O) groups excluding carboxylic acids is 2. The van der Waals surface area contributed by atoms with Gasteiger partial charge >= 0.3 is 5.97 Å². The van der Waals surface area contributed by atoms with Crippen LogP contribution in [0.1, 0.15) is 26.7 Å². The SMILES string of the molecule is CCOc1ccc(S(=O)(=O)N2CCC(C(=O)OCC(C)=O)CC2)cc1. The van der Waals surface area contributed by atoms with Gasteiger partial charge in [0.05, 0.1) is 17.4 Å². The zero-order chi connectivity index (χ0) is 18.4. The maximum absolute atomic E-state index is 12.7. The molecule has 8 heteroatoms. The van der Waals surface area contributed by atoms with Crippen LogP contribution in [0.4, 0.5) is 0 Å². The van der Waals surface area contributed by atoms with E-state index in [4.69, 9.17) is 9.47 Å². The summed E-state index contributed by atoms with van der Waals surface area (Å²) in [5.41, 5.74) is 0. The third-order valence-electron chi connectivity index (χ3n) is 3.98. The summed E-state index contributed by atoms with van der Waals surface area (Å²) in [6.45, 7) is 3.98. The predicted octanol–water partition coefficient (Wildman–Crippen LogP) is 1.62. The van der Waals surface area contributed by atoms with Crippen molar-refractivity contribution in [1.29, 1.82) is 0 Å². The number of hydrogen-bond acceptors (Lipinski definition) is 6. The lowest BCUT2D eigenvalue weighted by molar-refractivity contribution is -0.152. The molecule has 1 saturated heterocycles. The van der Waals surface area contributed by atoms with Crippen LogP contribution in [0.5, 0.6) is 5.75 Å². The Hall–Kier alpha value is -1.93. The Morgan fingerprint density at radius 1 is 1.16 bits per heavy atom. The van der Waals surface area contributed by atoms with Crippen LogP contribution in [0, 0.1) is 5.92 Å². The summed E-state index contributed by atoms with van der Waals surface area (Å²) in [4.78, 5) is 22.9. The molecule has 1 aliphatic rings. The molecular weight excluding hydrogens is 346 g/mol. The molecule has 1 heterocycles. The number of sulfonamides is 1. The summed E-state index contributed by atoms with van der Waals surface area (Å²) in [5.74, 6) is -0.406. The van der Waals surface area contributed by atoms with Crippen molar-refractivity contribution in [3.05, 3.63) is 24.3 Å². The second-order valence-electron chi connectivity index (χ2n) is 5.89. The summed E-state index contributed by atoms with van der Waals surface area (Å²) in [5, 5.41) is 0. The van der Waals surface area contributed by atoms with Gasteiger partial charge in [-0.1, -0.05) is 0 Å². The first-order valence-corrected chi connectivity index (χ1v) is 9.67. The first-order chi connectivity index (χ1) is 11.8. The fourth-order valence-corrected chi connectivity index (χ4v) is 4.12. The number of benzene rings is 1. The molecule has 2 rings (SSSR count). The minimum absolute atomic E-state index is 0.202. The Balaban J connectivity index is 1.96. The van der Waals surface area contributed by atoms with Crippen molar-refractivity contribution in [1.82, 2.24) is 4.31 Å². The summed E-state index contributed by atoms with van der Waals surface area (Å²) < 4.78 is 36.9. The van der Waals surface area contributed by atoms with Crippen LogP contribution in [0.15, 0.2) is 29.2 Å². The largest absolute Gasteiger partial charge is 0.494 e. The van der Waals surface area contributed by atoms with E-state index in [0.29, 0.717) is 25.2 Å². The zero-order valence-corrected chi connectivity index (χ0v) is 15.3. The topological polar surface area (TPSA) is 90.0 Å². The van der Waals surface area contributed by atoms with Crippen molar-refractivity contribution in [3.63, 3.8) is 0 Å². The van der Waals surface area contributed by atoms with Gasteiger partial charge in [0.15, 0.2) is 5.78 Å². The molecule has 0 N–H and O–H groups in total. The maximum atomic E-state index is 12.7. The third-order valence-corrected chi connectivity index (χ3v) is 5.89. The van der Waals surface area contributed by atoms with E-state index in [1.807, 2.05) is 6.92 Å². The number of esters is 1. The highest BCUT2D eigenvalue weighted by Crippen LogP contribution is 2.25. The second-order valence-corrected chi connectivity index (χ2v) is 7.83. The van der Waals surface area contributed by atoms with E-state index < -0.39 is 16.0 Å². The van der Waals surface area contributed by atoms with Crippen molar-refractivity contribution < 1.29 is 27.5 Å². The van der Waals surface area contributed by atoms with Crippen LogP contribution in [0.2, 0.25) is 0 Å². The predicted molar refractivity (Wildman–Crippen MR) is 90.7 cm³/mol. The van der Waals surface area contributed by atoms with E-state index in [9.17, 15) is 18.0 Å². The number of carbonyl (C=O) groups is 2. The number of piperidine rings is 1. The quantitative estimate of drug-likeness (QED) is 0.679. The van der Waals surface area contributed by atoms with Crippen LogP contribution in [0.3, 0.4) is 0 Å². The van der Waals surface area contributed by atoms with Crippen molar-refractivity contribution in [2.45, 2.75) is 31.6 Å². The zero-order valence-electron chi connectivity index (χ0n) is 14.4. The van der Waals surface area contributed by atoms with Crippen LogP contribution < -0.4 is 4.74 Å². The summed E-state index contributed by atoms with van der Waals surface area (Å²) in [6.07, 6.45) is 0.764. The molecule has 0 atom stereocenters. The summed E-state index contributed by atoms with van der Waals surface area (Å²) in [6, 6.07) is 6.30. The molecule has 0 unspecified atom stereocenters. The van der Waals surface area contributed by atoms with E-state index in [2.05, 4.69) is 0 Å². The Bertz CT molecular complexity index is 705. The second kappa shape index (κ2) is 8.44. The van der Waals surface area contributed by atoms with Crippen molar-refractivity contribution >= 4 is 21.8 Å². The Morgan fingerprint density at radius 2 is 1.76 bits per heavy atom. The summed E-state index contributed by atoms with van der Waals surface area (Å²) in [7, 11) is -3.60. The third kappa shape index (κ3) is 5.02. The van der Waals surface area contributed by atoms with E-state index in [1.54, 1.807) is 12.1 Å². The molecule has 0 bridgehead atoms. The van der Waals surface area contributed by atoms with Gasteiger partial charge in [-0.3, -0.25) is 9.59 Å². The van der Waals surface area contributed by atoms with Gasteiger partial charge in [0.1, 0.15) is 12.4 Å². The molecule has 0 aromatic heterocycles. The van der Waals surface area contributed by atoms with Gasteiger partial charge in [-0.05, 0) is 51.0 Å². The van der Waals surface area contributed by atoms with E-state index >= 15 is 0 Å². The van der Waals surface area contributed by atoms with Crippen LogP contribution >= 0.6 is 0 Å². The van der Waals surface area contributed by atoms with Gasteiger partial charge in [0.25, 0.3) is 0 Å². The van der Waals surface area contributed by atoms with Crippen LogP contribution in [-0.4, -0.2) is 50.8 Å². The minimum Gasteiger partial charge on any atom is -0.494 e. The molecule has 1 aliphatic heterocycles. The average Bonchev–Trinajstić information content (AvgIpc) is 2.60. The Kier molecular flexibility index (Phi) is 6.55. The fraction of sp³-hybridized carbons (Fsp3) is 0.529. The molecule has 7 nitrogen and oxygen atoms in total. The Labute approximate surface area is 148 Å². The summed E-state index contributed by atoms with van der Waals surface area (Å²) >= 11 is 0. The molecule has 0 amide bonds. The number of Topliss-reactive ketones (excluding diaryl/α,β-unsaturated/α-hetero) is 1. The van der Waals surface area contributed by atoms with Gasteiger partial charge in [-0.15, -0.1) is 0 Å². The molecule has 0 spiro atoms. The Morgan fingerprint density at radius 3 is 2.28 bits per heavy atom. The van der Waals surface area contributed by atoms with Crippen LogP contribution in [0.25, 0.3) is 0 Å². The molecular formula is C17H23NO6S. The van der Waals surface area contributed by atoms with Crippen LogP contribution in [-0.2, 0) is 24.3 Å². The highest BCUT2D eigenvalue weighted by atomic mass is 32.2. The minimum atomic E-state index is -3.60. The standard InChI is InChI=1S/C17H23NO6S/c1-3-23-15-4-6-16(7-5-15)25(21,22)18-10-8-14(9-11-18)17(20)24-12-13(2)19/h4-7,14H,3,8-12H2,1-2H3. The van der Waals surface area contributed by atoms with Gasteiger partial charge < -0.3 is 9.47 Å². The van der Waals surface area contributed by atoms with Crippen molar-refractivity contribution in [3.8, 4) is 5.75 Å². The number of rotatable bonds is 7. The highest BCUT2D eigenvalue weighted by molar-refractivity contribution is 7.89. The maximum Gasteiger partial charge on any atom is 0.309 e. The number of nitrogens with zero attached hydrogens (tertiary/aromatic N) is 1. The lowest BCUT2D eigenvalue weighted by Gasteiger charge is -2.30. The molecule has 1 aromatic rings. The van der Waals surface area contributed by atoms with E-state index in [1.165, 1.54) is 23.4 Å². The van der Waals surface area contributed by atoms with Gasteiger partial charge in [0.2, 0.25) is 10.0 Å². The molecule has 1 aromatic carbocycles. The van der Waals surface area contributed by atoms with Gasteiger partial charge in [0, 0.05) is 13.1 Å². The number of ether oxygens (including phenoxy) is 2. The number of hydrogen-bond donors (Lipinski definition) is 0. The van der Waals surface area contributed by atoms with Crippen molar-refractivity contribution in [2.24, 2.45) is 5.92 Å². The van der Waals surface area contributed by atoms with Gasteiger partial charge in [-0.2, -0.15) is 4.31 Å². The van der Waals surface area contributed by atoms with E-state index in [-0.39, 0.29) is 36.3 Å². The molecule has 0 aliphatic carbocycles. The molecule has 1 fully saturated rings. The monoisotopic (exact) mass is 369 g/mol. The molecule has 0 saturated carbocycles. The van der Waals surface area contributed by atoms with Gasteiger partial charge in [-0.25, -0.2) is 8.42 Å². The lowest BCUT2D eigenvalue weighted by Crippen LogP contribution is -2.40. The highest BCUT2D eigenvalue weighted by Gasteiger charge is 2.32. The smallest absolute Gasteiger partial charge is 0.309 e. The van der Waals surface area contributed by atoms with E-state index in [0.717, 1.165) is 0 Å². The van der Waals surface area contributed by atoms with Crippen molar-refractivity contribution in [2.75, 3.05) is 26.3 Å².